The van der Waals surface area contributed by atoms with E-state index in [0.717, 1.165) is 25.7 Å². The van der Waals surface area contributed by atoms with E-state index in [9.17, 15) is 9.59 Å². The van der Waals surface area contributed by atoms with Crippen LogP contribution in [0, 0.1) is 5.92 Å². The van der Waals surface area contributed by atoms with Crippen molar-refractivity contribution in [1.82, 2.24) is 0 Å². The van der Waals surface area contributed by atoms with E-state index in [0.29, 0.717) is 6.42 Å². The molecule has 0 unspecified atom stereocenters. The SMILES string of the molecule is CCCCCCC(=O)CC(=O)C1CCC1. The molecule has 0 amide bonds. The van der Waals surface area contributed by atoms with Gasteiger partial charge in [0.2, 0.25) is 0 Å². The maximum atomic E-state index is 11.5. The van der Waals surface area contributed by atoms with Gasteiger partial charge in [-0.1, -0.05) is 32.6 Å². The predicted octanol–water partition coefficient (Wildman–Crippen LogP) is 3.29. The van der Waals surface area contributed by atoms with Crippen molar-refractivity contribution in [3.8, 4) is 0 Å². The molecule has 0 N–H and O–H groups in total. The van der Waals surface area contributed by atoms with E-state index >= 15 is 0 Å². The molecule has 0 bridgehead atoms. The van der Waals surface area contributed by atoms with Crippen LogP contribution in [0.5, 0.6) is 0 Å². The van der Waals surface area contributed by atoms with E-state index in [4.69, 9.17) is 0 Å². The zero-order chi connectivity index (χ0) is 11.1. The summed E-state index contributed by atoms with van der Waals surface area (Å²) in [5.41, 5.74) is 0. The minimum atomic E-state index is 0.156. The Morgan fingerprint density at radius 3 is 2.40 bits per heavy atom. The molecule has 1 rings (SSSR count). The zero-order valence-corrected chi connectivity index (χ0v) is 9.76. The van der Waals surface area contributed by atoms with Gasteiger partial charge in [-0.2, -0.15) is 0 Å². The third-order valence-corrected chi connectivity index (χ3v) is 3.24. The van der Waals surface area contributed by atoms with Crippen LogP contribution in [-0.2, 0) is 9.59 Å². The maximum absolute atomic E-state index is 11.5. The summed E-state index contributed by atoms with van der Waals surface area (Å²) >= 11 is 0. The highest BCUT2D eigenvalue weighted by Gasteiger charge is 2.26. The summed E-state index contributed by atoms with van der Waals surface area (Å²) in [5.74, 6) is 0.578. The molecule has 86 valence electrons. The monoisotopic (exact) mass is 210 g/mol. The molecule has 15 heavy (non-hydrogen) atoms. The second kappa shape index (κ2) is 6.76. The molecule has 0 heterocycles. The summed E-state index contributed by atoms with van der Waals surface area (Å²) < 4.78 is 0. The summed E-state index contributed by atoms with van der Waals surface area (Å²) in [5, 5.41) is 0. The van der Waals surface area contributed by atoms with Crippen LogP contribution in [0.2, 0.25) is 0 Å². The molecule has 0 spiro atoms. The van der Waals surface area contributed by atoms with Crippen molar-refractivity contribution < 1.29 is 9.59 Å². The van der Waals surface area contributed by atoms with Crippen LogP contribution in [-0.4, -0.2) is 11.6 Å². The fourth-order valence-corrected chi connectivity index (χ4v) is 1.91. The molecule has 0 saturated heterocycles. The summed E-state index contributed by atoms with van der Waals surface area (Å²) in [7, 11) is 0. The first-order valence-corrected chi connectivity index (χ1v) is 6.28. The van der Waals surface area contributed by atoms with E-state index < -0.39 is 0 Å². The van der Waals surface area contributed by atoms with E-state index in [1.807, 2.05) is 0 Å². The molecule has 0 aromatic heterocycles. The summed E-state index contributed by atoms with van der Waals surface area (Å²) in [6.45, 7) is 2.15. The highest BCUT2D eigenvalue weighted by Crippen LogP contribution is 2.28. The first kappa shape index (κ1) is 12.4. The number of carbonyl (C=O) groups is 2. The Hall–Kier alpha value is -0.660. The van der Waals surface area contributed by atoms with Gasteiger partial charge in [-0.15, -0.1) is 0 Å². The first-order chi connectivity index (χ1) is 7.24. The highest BCUT2D eigenvalue weighted by molar-refractivity contribution is 6.00. The van der Waals surface area contributed by atoms with Crippen LogP contribution in [0.15, 0.2) is 0 Å². The molecule has 1 aliphatic carbocycles. The third-order valence-electron chi connectivity index (χ3n) is 3.24. The fourth-order valence-electron chi connectivity index (χ4n) is 1.91. The zero-order valence-electron chi connectivity index (χ0n) is 9.76. The summed E-state index contributed by atoms with van der Waals surface area (Å²) in [6.07, 6.45) is 8.49. The van der Waals surface area contributed by atoms with E-state index in [1.54, 1.807) is 0 Å². The van der Waals surface area contributed by atoms with Gasteiger partial charge in [-0.05, 0) is 19.3 Å². The lowest BCUT2D eigenvalue weighted by Gasteiger charge is -2.23. The van der Waals surface area contributed by atoms with E-state index in [-0.39, 0.29) is 23.9 Å². The lowest BCUT2D eigenvalue weighted by atomic mass is 9.80. The molecule has 0 radical (unpaired) electrons. The smallest absolute Gasteiger partial charge is 0.143 e. The Morgan fingerprint density at radius 2 is 1.87 bits per heavy atom. The van der Waals surface area contributed by atoms with Crippen molar-refractivity contribution in [2.45, 2.75) is 64.7 Å². The number of carbonyl (C=O) groups excluding carboxylic acids is 2. The van der Waals surface area contributed by atoms with Crippen LogP contribution in [0.3, 0.4) is 0 Å². The minimum absolute atomic E-state index is 0.156. The van der Waals surface area contributed by atoms with Crippen LogP contribution in [0.1, 0.15) is 64.7 Å². The largest absolute Gasteiger partial charge is 0.299 e. The van der Waals surface area contributed by atoms with Gasteiger partial charge in [0, 0.05) is 12.3 Å². The number of hydrogen-bond donors (Lipinski definition) is 0. The molecule has 1 saturated carbocycles. The Morgan fingerprint density at radius 1 is 1.13 bits per heavy atom. The molecule has 0 atom stereocenters. The topological polar surface area (TPSA) is 34.1 Å². The van der Waals surface area contributed by atoms with Crippen LogP contribution in [0.25, 0.3) is 0 Å². The maximum Gasteiger partial charge on any atom is 0.143 e. The van der Waals surface area contributed by atoms with Crippen LogP contribution >= 0.6 is 0 Å². The number of rotatable bonds is 8. The molecule has 2 nitrogen and oxygen atoms in total. The van der Waals surface area contributed by atoms with Gasteiger partial charge >= 0.3 is 0 Å². The molecule has 0 aliphatic heterocycles. The fraction of sp³-hybridized carbons (Fsp3) is 0.846. The highest BCUT2D eigenvalue weighted by atomic mass is 16.1. The number of hydrogen-bond acceptors (Lipinski definition) is 2. The molecular weight excluding hydrogens is 188 g/mol. The summed E-state index contributed by atoms with van der Waals surface area (Å²) in [6, 6.07) is 0. The molecular formula is C13H22O2. The Kier molecular flexibility index (Phi) is 5.59. The van der Waals surface area contributed by atoms with Gasteiger partial charge in [0.1, 0.15) is 11.6 Å². The van der Waals surface area contributed by atoms with E-state index in [2.05, 4.69) is 6.92 Å². The van der Waals surface area contributed by atoms with Crippen molar-refractivity contribution in [3.05, 3.63) is 0 Å². The number of Topliss-reactive ketones (excluding diaryl/α,β-unsaturated/α-hetero) is 2. The molecule has 1 aliphatic rings. The van der Waals surface area contributed by atoms with Gasteiger partial charge in [-0.3, -0.25) is 9.59 Å². The quantitative estimate of drug-likeness (QED) is 0.455. The standard InChI is InChI=1S/C13H22O2/c1-2-3-4-5-9-12(14)10-13(15)11-7-6-8-11/h11H,2-10H2,1H3. The number of unbranched alkanes of at least 4 members (excludes halogenated alkanes) is 3. The van der Waals surface area contributed by atoms with E-state index in [1.165, 1.54) is 19.3 Å². The third kappa shape index (κ3) is 4.59. The lowest BCUT2D eigenvalue weighted by molar-refractivity contribution is -0.130. The average Bonchev–Trinajstić information content (AvgIpc) is 2.09. The normalized spacial score (nSPS) is 16.1. The first-order valence-electron chi connectivity index (χ1n) is 6.28. The lowest BCUT2D eigenvalue weighted by Crippen LogP contribution is -2.24. The van der Waals surface area contributed by atoms with Crippen molar-refractivity contribution in [1.29, 1.82) is 0 Å². The van der Waals surface area contributed by atoms with Crippen molar-refractivity contribution in [2.75, 3.05) is 0 Å². The van der Waals surface area contributed by atoms with Gasteiger partial charge in [0.15, 0.2) is 0 Å². The van der Waals surface area contributed by atoms with Crippen LogP contribution in [0.4, 0.5) is 0 Å². The summed E-state index contributed by atoms with van der Waals surface area (Å²) in [4.78, 5) is 22.9. The second-order valence-corrected chi connectivity index (χ2v) is 4.62. The molecule has 2 heteroatoms. The minimum Gasteiger partial charge on any atom is -0.299 e. The van der Waals surface area contributed by atoms with Crippen LogP contribution < -0.4 is 0 Å². The average molecular weight is 210 g/mol. The molecule has 1 fully saturated rings. The van der Waals surface area contributed by atoms with Crippen molar-refractivity contribution >= 4 is 11.6 Å². The molecule has 0 aromatic carbocycles. The predicted molar refractivity (Wildman–Crippen MR) is 60.7 cm³/mol. The Balaban J connectivity index is 2.04. The molecule has 0 aromatic rings. The van der Waals surface area contributed by atoms with Gasteiger partial charge < -0.3 is 0 Å². The van der Waals surface area contributed by atoms with Crippen molar-refractivity contribution in [2.24, 2.45) is 5.92 Å². The Labute approximate surface area is 92.4 Å². The second-order valence-electron chi connectivity index (χ2n) is 4.62. The van der Waals surface area contributed by atoms with Gasteiger partial charge in [0.25, 0.3) is 0 Å². The Bertz CT molecular complexity index is 217. The van der Waals surface area contributed by atoms with Crippen molar-refractivity contribution in [3.63, 3.8) is 0 Å². The van der Waals surface area contributed by atoms with Gasteiger partial charge in [-0.25, -0.2) is 0 Å². The number of ketones is 2. The van der Waals surface area contributed by atoms with Gasteiger partial charge in [0.05, 0.1) is 6.42 Å².